The highest BCUT2D eigenvalue weighted by atomic mass is 35.5. The zero-order chi connectivity index (χ0) is 31.9. The molecule has 1 saturated heterocycles. The van der Waals surface area contributed by atoms with Crippen molar-refractivity contribution in [2.24, 2.45) is 0 Å². The highest BCUT2D eigenvalue weighted by Crippen LogP contribution is 2.30. The van der Waals surface area contributed by atoms with Crippen molar-refractivity contribution in [1.82, 2.24) is 20.2 Å². The van der Waals surface area contributed by atoms with Gasteiger partial charge >= 0.3 is 5.97 Å². The first-order valence-electron chi connectivity index (χ1n) is 14.3. The fraction of sp³-hybridized carbons (Fsp3) is 0.212. The molecule has 0 radical (unpaired) electrons. The van der Waals surface area contributed by atoms with Crippen LogP contribution in [0.1, 0.15) is 54.7 Å². The predicted molar refractivity (Wildman–Crippen MR) is 170 cm³/mol. The molecule has 1 aliphatic heterocycles. The van der Waals surface area contributed by atoms with Gasteiger partial charge in [0.25, 0.3) is 17.7 Å². The highest BCUT2D eigenvalue weighted by molar-refractivity contribution is 6.29. The Kier molecular flexibility index (Phi) is 9.69. The standard InChI is InChI=1S/C33H31ClN6O5/c1-21-4-6-22(7-5-21)26(18-30(41)42)37-31(43)23-8-10-28(27(17-23)38-32(44)24-9-11-29(34)36-20-24)39-13-15-40(16-14-39)33(45)25-3-2-12-35-19-25/h2-12,17,19-20,26H,13-16,18H2,1H3,(H,37,43)(H,38,44)(H,41,42). The third-order valence-corrected chi connectivity index (χ3v) is 7.70. The SMILES string of the molecule is Cc1ccc(C(CC(=O)O)NC(=O)c2ccc(N3CCN(C(=O)c4cccnc4)CC3)c(NC(=O)c3ccc(Cl)nc3)c2)cc1. The summed E-state index contributed by atoms with van der Waals surface area (Å²) in [7, 11) is 0. The molecule has 1 atom stereocenters. The summed E-state index contributed by atoms with van der Waals surface area (Å²) >= 11 is 5.89. The average molecular weight is 627 g/mol. The van der Waals surface area contributed by atoms with Crippen molar-refractivity contribution < 1.29 is 24.3 Å². The van der Waals surface area contributed by atoms with E-state index >= 15 is 0 Å². The second-order valence-electron chi connectivity index (χ2n) is 10.6. The molecule has 1 unspecified atom stereocenters. The maximum atomic E-state index is 13.5. The van der Waals surface area contributed by atoms with Crippen LogP contribution in [-0.2, 0) is 4.79 Å². The van der Waals surface area contributed by atoms with Crippen LogP contribution in [0.25, 0.3) is 0 Å². The molecule has 230 valence electrons. The molecule has 2 aromatic carbocycles. The van der Waals surface area contributed by atoms with Gasteiger partial charge in [0.1, 0.15) is 5.15 Å². The summed E-state index contributed by atoms with van der Waals surface area (Å²) in [5.41, 5.74) is 3.72. The van der Waals surface area contributed by atoms with Crippen LogP contribution < -0.4 is 15.5 Å². The van der Waals surface area contributed by atoms with Gasteiger partial charge in [0.2, 0.25) is 0 Å². The van der Waals surface area contributed by atoms with E-state index in [0.717, 1.165) is 5.56 Å². The average Bonchev–Trinajstić information content (AvgIpc) is 3.05. The molecule has 45 heavy (non-hydrogen) atoms. The summed E-state index contributed by atoms with van der Waals surface area (Å²) < 4.78 is 0. The number of nitrogens with one attached hydrogen (secondary N) is 2. The van der Waals surface area contributed by atoms with E-state index in [-0.39, 0.29) is 28.6 Å². The van der Waals surface area contributed by atoms with Crippen LogP contribution in [-0.4, -0.2) is 69.8 Å². The molecule has 3 N–H and O–H groups in total. The Morgan fingerprint density at radius 1 is 0.889 bits per heavy atom. The van der Waals surface area contributed by atoms with Crippen LogP contribution in [0.3, 0.4) is 0 Å². The second-order valence-corrected chi connectivity index (χ2v) is 11.0. The van der Waals surface area contributed by atoms with E-state index in [1.165, 1.54) is 18.5 Å². The van der Waals surface area contributed by atoms with E-state index in [9.17, 15) is 24.3 Å². The van der Waals surface area contributed by atoms with Crippen LogP contribution in [0.5, 0.6) is 0 Å². The van der Waals surface area contributed by atoms with Gasteiger partial charge in [-0.2, -0.15) is 0 Å². The lowest BCUT2D eigenvalue weighted by Crippen LogP contribution is -2.49. The number of halogens is 1. The van der Waals surface area contributed by atoms with Gasteiger partial charge in [-0.3, -0.25) is 24.2 Å². The Balaban J connectivity index is 1.39. The number of hydrogen-bond donors (Lipinski definition) is 3. The molecular formula is C33H31ClN6O5. The number of carboxylic acids is 1. The highest BCUT2D eigenvalue weighted by Gasteiger charge is 2.26. The summed E-state index contributed by atoms with van der Waals surface area (Å²) in [5.74, 6) is -2.11. The van der Waals surface area contributed by atoms with Crippen molar-refractivity contribution in [2.75, 3.05) is 36.4 Å². The molecule has 0 bridgehead atoms. The van der Waals surface area contributed by atoms with Crippen LogP contribution >= 0.6 is 11.6 Å². The number of piperazine rings is 1. The zero-order valence-electron chi connectivity index (χ0n) is 24.4. The Bertz CT molecular complexity index is 1690. The molecule has 5 rings (SSSR count). The van der Waals surface area contributed by atoms with Gasteiger partial charge in [0.15, 0.2) is 0 Å². The van der Waals surface area contributed by atoms with Crippen LogP contribution in [0, 0.1) is 6.92 Å². The second kappa shape index (κ2) is 14.0. The number of aliphatic carboxylic acids is 1. The summed E-state index contributed by atoms with van der Waals surface area (Å²) in [6.45, 7) is 3.77. The number of carbonyl (C=O) groups is 4. The maximum Gasteiger partial charge on any atom is 0.305 e. The first-order valence-corrected chi connectivity index (χ1v) is 14.7. The number of anilines is 2. The third kappa shape index (κ3) is 7.81. The first-order chi connectivity index (χ1) is 21.7. The number of carbonyl (C=O) groups excluding carboxylic acids is 3. The van der Waals surface area contributed by atoms with Crippen molar-refractivity contribution in [3.8, 4) is 0 Å². The van der Waals surface area contributed by atoms with E-state index in [2.05, 4.69) is 20.6 Å². The topological polar surface area (TPSA) is 145 Å². The number of carboxylic acid groups (broad SMARTS) is 1. The van der Waals surface area contributed by atoms with Gasteiger partial charge < -0.3 is 25.5 Å². The van der Waals surface area contributed by atoms with Crippen molar-refractivity contribution in [3.05, 3.63) is 118 Å². The zero-order valence-corrected chi connectivity index (χ0v) is 25.2. The van der Waals surface area contributed by atoms with Crippen molar-refractivity contribution in [1.29, 1.82) is 0 Å². The van der Waals surface area contributed by atoms with Gasteiger partial charge in [-0.05, 0) is 55.0 Å². The lowest BCUT2D eigenvalue weighted by Gasteiger charge is -2.37. The van der Waals surface area contributed by atoms with E-state index in [1.807, 2.05) is 24.0 Å². The van der Waals surface area contributed by atoms with Gasteiger partial charge in [-0.25, -0.2) is 4.98 Å². The van der Waals surface area contributed by atoms with E-state index in [1.54, 1.807) is 59.6 Å². The molecule has 11 nitrogen and oxygen atoms in total. The Morgan fingerprint density at radius 3 is 2.27 bits per heavy atom. The molecular weight excluding hydrogens is 596 g/mol. The number of aryl methyl sites for hydroxylation is 1. The van der Waals surface area contributed by atoms with Crippen LogP contribution in [0.15, 0.2) is 85.3 Å². The number of nitrogens with zero attached hydrogens (tertiary/aromatic N) is 4. The Hall–Kier alpha value is -5.29. The van der Waals surface area contributed by atoms with Crippen LogP contribution in [0.4, 0.5) is 11.4 Å². The third-order valence-electron chi connectivity index (χ3n) is 7.48. The van der Waals surface area contributed by atoms with Crippen molar-refractivity contribution >= 4 is 46.7 Å². The van der Waals surface area contributed by atoms with E-state index in [0.29, 0.717) is 48.7 Å². The molecule has 0 saturated carbocycles. The number of aromatic nitrogens is 2. The Morgan fingerprint density at radius 2 is 1.62 bits per heavy atom. The van der Waals surface area contributed by atoms with Gasteiger partial charge in [0.05, 0.1) is 35.0 Å². The number of benzene rings is 2. The minimum Gasteiger partial charge on any atom is -0.481 e. The Labute approximate surface area is 264 Å². The molecule has 3 amide bonds. The van der Waals surface area contributed by atoms with E-state index in [4.69, 9.17) is 11.6 Å². The minimum absolute atomic E-state index is 0.108. The van der Waals surface area contributed by atoms with Gasteiger partial charge in [-0.15, -0.1) is 0 Å². The normalized spacial score (nSPS) is 13.6. The molecule has 3 heterocycles. The van der Waals surface area contributed by atoms with Crippen molar-refractivity contribution in [3.63, 3.8) is 0 Å². The smallest absolute Gasteiger partial charge is 0.305 e. The summed E-state index contributed by atoms with van der Waals surface area (Å²) in [5, 5.41) is 15.5. The van der Waals surface area contributed by atoms with Gasteiger partial charge in [0, 0.05) is 50.3 Å². The van der Waals surface area contributed by atoms with Crippen molar-refractivity contribution in [2.45, 2.75) is 19.4 Å². The molecule has 4 aromatic rings. The monoisotopic (exact) mass is 626 g/mol. The van der Waals surface area contributed by atoms with Gasteiger partial charge in [-0.1, -0.05) is 41.4 Å². The molecule has 0 aliphatic carbocycles. The maximum absolute atomic E-state index is 13.5. The van der Waals surface area contributed by atoms with Crippen LogP contribution in [0.2, 0.25) is 5.15 Å². The molecule has 2 aromatic heterocycles. The fourth-order valence-corrected chi connectivity index (χ4v) is 5.16. The lowest BCUT2D eigenvalue weighted by molar-refractivity contribution is -0.137. The molecule has 12 heteroatoms. The molecule has 0 spiro atoms. The molecule has 1 fully saturated rings. The fourth-order valence-electron chi connectivity index (χ4n) is 5.05. The number of pyridine rings is 2. The van der Waals surface area contributed by atoms with E-state index < -0.39 is 23.8 Å². The first kappa shape index (κ1) is 31.1. The molecule has 1 aliphatic rings. The number of amides is 3. The lowest BCUT2D eigenvalue weighted by atomic mass is 10.0. The largest absolute Gasteiger partial charge is 0.481 e. The summed E-state index contributed by atoms with van der Waals surface area (Å²) in [6, 6.07) is 17.9. The summed E-state index contributed by atoms with van der Waals surface area (Å²) in [6.07, 6.45) is 4.21. The predicted octanol–water partition coefficient (Wildman–Crippen LogP) is 4.60. The summed E-state index contributed by atoms with van der Waals surface area (Å²) in [4.78, 5) is 63.0. The number of hydrogen-bond acceptors (Lipinski definition) is 7. The quantitative estimate of drug-likeness (QED) is 0.229. The minimum atomic E-state index is -1.05. The number of rotatable bonds is 9.